The van der Waals surface area contributed by atoms with Gasteiger partial charge >= 0.3 is 0 Å². The summed E-state index contributed by atoms with van der Waals surface area (Å²) in [5.41, 5.74) is 0. The largest absolute Gasteiger partial charge is 0.460 e. The second kappa shape index (κ2) is 6.15. The van der Waals surface area contributed by atoms with E-state index in [2.05, 4.69) is 8.83 Å². The third kappa shape index (κ3) is 3.92. The standard InChI is InChI=1S/2C5H3ClO2/c2*6-5(7)4-2-1-3-8-4/h2*1-3H. The van der Waals surface area contributed by atoms with Crippen LogP contribution in [0.3, 0.4) is 0 Å². The highest BCUT2D eigenvalue weighted by Gasteiger charge is 2.01. The van der Waals surface area contributed by atoms with Gasteiger partial charge in [0.25, 0.3) is 10.5 Å². The van der Waals surface area contributed by atoms with Crippen LogP contribution in [0.2, 0.25) is 0 Å². The van der Waals surface area contributed by atoms with Gasteiger partial charge in [-0.25, -0.2) is 0 Å². The number of hydrogen-bond donors (Lipinski definition) is 0. The summed E-state index contributed by atoms with van der Waals surface area (Å²) in [6.45, 7) is 0. The molecule has 0 amide bonds. The predicted molar refractivity (Wildman–Crippen MR) is 57.8 cm³/mol. The monoisotopic (exact) mass is 260 g/mol. The Bertz CT molecular complexity index is 401. The topological polar surface area (TPSA) is 60.4 Å². The lowest BCUT2D eigenvalue weighted by Gasteiger charge is -1.77. The number of halogens is 2. The molecule has 0 radical (unpaired) electrons. The smallest absolute Gasteiger partial charge is 0.287 e. The molecule has 2 rings (SSSR count). The van der Waals surface area contributed by atoms with Crippen LogP contribution < -0.4 is 0 Å². The number of rotatable bonds is 2. The normalized spacial score (nSPS) is 9.12. The number of carbonyl (C=O) groups is 2. The highest BCUT2D eigenvalue weighted by atomic mass is 35.5. The van der Waals surface area contributed by atoms with Gasteiger partial charge in [-0.05, 0) is 47.5 Å². The van der Waals surface area contributed by atoms with Gasteiger partial charge in [-0.2, -0.15) is 0 Å². The van der Waals surface area contributed by atoms with E-state index in [-0.39, 0.29) is 11.5 Å². The molecule has 84 valence electrons. The van der Waals surface area contributed by atoms with Crippen molar-refractivity contribution in [3.05, 3.63) is 48.3 Å². The maximum atomic E-state index is 10.2. The lowest BCUT2D eigenvalue weighted by Crippen LogP contribution is -1.80. The van der Waals surface area contributed by atoms with Crippen molar-refractivity contribution in [1.29, 1.82) is 0 Å². The summed E-state index contributed by atoms with van der Waals surface area (Å²) < 4.78 is 9.23. The van der Waals surface area contributed by atoms with E-state index in [0.29, 0.717) is 0 Å². The minimum absolute atomic E-state index is 0.187. The average Bonchev–Trinajstić information content (AvgIpc) is 2.93. The van der Waals surface area contributed by atoms with Gasteiger partial charge in [0.2, 0.25) is 0 Å². The fourth-order valence-corrected chi connectivity index (χ4v) is 0.996. The molecule has 0 N–H and O–H groups in total. The first-order valence-corrected chi connectivity index (χ1v) is 4.83. The molecule has 0 aliphatic heterocycles. The maximum Gasteiger partial charge on any atom is 0.287 e. The van der Waals surface area contributed by atoms with Crippen molar-refractivity contribution in [3.8, 4) is 0 Å². The first-order chi connectivity index (χ1) is 7.61. The second-order valence-corrected chi connectivity index (χ2v) is 3.19. The fraction of sp³-hybridized carbons (Fsp3) is 0. The van der Waals surface area contributed by atoms with Crippen molar-refractivity contribution in [1.82, 2.24) is 0 Å². The first-order valence-electron chi connectivity index (χ1n) is 4.08. The Morgan fingerprint density at radius 1 is 0.875 bits per heavy atom. The van der Waals surface area contributed by atoms with Gasteiger partial charge in [0.05, 0.1) is 12.5 Å². The summed E-state index contributed by atoms with van der Waals surface area (Å²) in [6.07, 6.45) is 2.80. The van der Waals surface area contributed by atoms with Crippen LogP contribution in [-0.2, 0) is 0 Å². The van der Waals surface area contributed by atoms with Gasteiger partial charge in [-0.3, -0.25) is 9.59 Å². The van der Waals surface area contributed by atoms with E-state index in [0.717, 1.165) is 0 Å². The molecule has 0 saturated heterocycles. The highest BCUT2D eigenvalue weighted by Crippen LogP contribution is 2.03. The summed E-state index contributed by atoms with van der Waals surface area (Å²) >= 11 is 10.0. The Kier molecular flexibility index (Phi) is 4.82. The minimum Gasteiger partial charge on any atom is -0.460 e. The van der Waals surface area contributed by atoms with Crippen molar-refractivity contribution in [3.63, 3.8) is 0 Å². The lowest BCUT2D eigenvalue weighted by atomic mass is 10.5. The lowest BCUT2D eigenvalue weighted by molar-refractivity contribution is 0.105. The molecule has 0 aliphatic carbocycles. The van der Waals surface area contributed by atoms with Gasteiger partial charge in [0.15, 0.2) is 11.5 Å². The third-order valence-corrected chi connectivity index (χ3v) is 1.80. The molecule has 0 unspecified atom stereocenters. The molecular formula is C10H6Cl2O4. The molecule has 0 atom stereocenters. The van der Waals surface area contributed by atoms with Crippen LogP contribution in [0.5, 0.6) is 0 Å². The molecule has 0 saturated carbocycles. The summed E-state index contributed by atoms with van der Waals surface area (Å²) in [6, 6.07) is 6.23. The van der Waals surface area contributed by atoms with Crippen LogP contribution in [-0.4, -0.2) is 10.5 Å². The van der Waals surface area contributed by atoms with Crippen molar-refractivity contribution < 1.29 is 18.4 Å². The average molecular weight is 261 g/mol. The molecular weight excluding hydrogens is 255 g/mol. The molecule has 0 aliphatic rings. The first kappa shape index (κ1) is 12.5. The van der Waals surface area contributed by atoms with E-state index in [9.17, 15) is 9.59 Å². The molecule has 0 bridgehead atoms. The molecule has 0 spiro atoms. The van der Waals surface area contributed by atoms with Gasteiger partial charge in [0.1, 0.15) is 0 Å². The van der Waals surface area contributed by atoms with Crippen LogP contribution in [0.4, 0.5) is 0 Å². The van der Waals surface area contributed by atoms with E-state index in [1.165, 1.54) is 24.7 Å². The zero-order valence-electron chi connectivity index (χ0n) is 7.85. The molecule has 2 aromatic heterocycles. The Morgan fingerprint density at radius 2 is 1.25 bits per heavy atom. The van der Waals surface area contributed by atoms with E-state index >= 15 is 0 Å². The molecule has 6 heteroatoms. The van der Waals surface area contributed by atoms with Gasteiger partial charge in [-0.15, -0.1) is 0 Å². The quantitative estimate of drug-likeness (QED) is 0.778. The predicted octanol–water partition coefficient (Wildman–Crippen LogP) is 3.32. The highest BCUT2D eigenvalue weighted by molar-refractivity contribution is 6.67. The Balaban J connectivity index is 0.000000160. The van der Waals surface area contributed by atoms with Crippen LogP contribution in [0.25, 0.3) is 0 Å². The van der Waals surface area contributed by atoms with Crippen molar-refractivity contribution >= 4 is 33.7 Å². The summed E-state index contributed by atoms with van der Waals surface area (Å²) in [5, 5.41) is -1.12. The SMILES string of the molecule is O=C(Cl)c1ccco1.O=C(Cl)c1ccco1. The Morgan fingerprint density at radius 3 is 1.38 bits per heavy atom. The second-order valence-electron chi connectivity index (χ2n) is 2.50. The molecule has 0 fully saturated rings. The van der Waals surface area contributed by atoms with Crippen LogP contribution in [0.15, 0.2) is 45.6 Å². The van der Waals surface area contributed by atoms with E-state index in [1.54, 1.807) is 12.1 Å². The molecule has 2 aromatic rings. The summed E-state index contributed by atoms with van der Waals surface area (Å²) in [4.78, 5) is 20.4. The van der Waals surface area contributed by atoms with Crippen molar-refractivity contribution in [2.24, 2.45) is 0 Å². The van der Waals surface area contributed by atoms with Gasteiger partial charge < -0.3 is 8.83 Å². The number of hydrogen-bond acceptors (Lipinski definition) is 4. The number of carbonyl (C=O) groups excluding carboxylic acids is 2. The van der Waals surface area contributed by atoms with Crippen LogP contribution in [0, 0.1) is 0 Å². The third-order valence-electron chi connectivity index (χ3n) is 1.43. The Hall–Kier alpha value is -1.52. The fourth-order valence-electron chi connectivity index (χ4n) is 0.781. The minimum atomic E-state index is -0.560. The molecule has 16 heavy (non-hydrogen) atoms. The molecule has 0 aromatic carbocycles. The van der Waals surface area contributed by atoms with Crippen LogP contribution in [0.1, 0.15) is 21.1 Å². The van der Waals surface area contributed by atoms with Gasteiger partial charge in [0, 0.05) is 0 Å². The van der Waals surface area contributed by atoms with Crippen LogP contribution >= 0.6 is 23.2 Å². The summed E-state index contributed by atoms with van der Waals surface area (Å²) in [5.74, 6) is 0.373. The van der Waals surface area contributed by atoms with Gasteiger partial charge in [-0.1, -0.05) is 0 Å². The van der Waals surface area contributed by atoms with E-state index in [4.69, 9.17) is 23.2 Å². The zero-order chi connectivity index (χ0) is 12.0. The van der Waals surface area contributed by atoms with Crippen molar-refractivity contribution in [2.75, 3.05) is 0 Å². The maximum absolute atomic E-state index is 10.2. The van der Waals surface area contributed by atoms with Crippen molar-refractivity contribution in [2.45, 2.75) is 0 Å². The molecule has 4 nitrogen and oxygen atoms in total. The summed E-state index contributed by atoms with van der Waals surface area (Å²) in [7, 11) is 0. The Labute approximate surface area is 101 Å². The number of furan rings is 2. The van der Waals surface area contributed by atoms with E-state index in [1.807, 2.05) is 0 Å². The zero-order valence-corrected chi connectivity index (χ0v) is 9.36. The van der Waals surface area contributed by atoms with E-state index < -0.39 is 10.5 Å². The molecule has 2 heterocycles.